The molecule has 6 heteroatoms. The van der Waals surface area contributed by atoms with Crippen molar-refractivity contribution in [2.24, 2.45) is 0 Å². The summed E-state index contributed by atoms with van der Waals surface area (Å²) in [5, 5.41) is 14.1. The smallest absolute Gasteiger partial charge is 0.228 e. The topological polar surface area (TPSA) is 76.1 Å². The summed E-state index contributed by atoms with van der Waals surface area (Å²) in [7, 11) is 1.62. The normalized spacial score (nSPS) is 10.2. The molecule has 0 bridgehead atoms. The summed E-state index contributed by atoms with van der Waals surface area (Å²) in [6, 6.07) is 18.7. The molecule has 0 fully saturated rings. The summed E-state index contributed by atoms with van der Waals surface area (Å²) in [4.78, 5) is 12.2. The summed E-state index contributed by atoms with van der Waals surface area (Å²) in [6.07, 6.45) is 0.308. The van der Waals surface area contributed by atoms with Gasteiger partial charge >= 0.3 is 0 Å². The summed E-state index contributed by atoms with van der Waals surface area (Å²) < 4.78 is 5.11. The molecule has 26 heavy (non-hydrogen) atoms. The zero-order valence-electron chi connectivity index (χ0n) is 14.7. The van der Waals surface area contributed by atoms with E-state index < -0.39 is 0 Å². The second kappa shape index (κ2) is 8.11. The van der Waals surface area contributed by atoms with Crippen molar-refractivity contribution in [2.75, 3.05) is 17.7 Å². The molecule has 0 aliphatic rings. The van der Waals surface area contributed by atoms with E-state index in [2.05, 4.69) is 20.8 Å². The summed E-state index contributed by atoms with van der Waals surface area (Å²) in [5.74, 6) is 1.38. The fourth-order valence-corrected chi connectivity index (χ4v) is 2.38. The lowest BCUT2D eigenvalue weighted by Gasteiger charge is -2.08. The monoisotopic (exact) mass is 348 g/mol. The molecule has 0 spiro atoms. The minimum Gasteiger partial charge on any atom is -0.497 e. The van der Waals surface area contributed by atoms with E-state index in [0.717, 1.165) is 28.4 Å². The number of carbonyl (C=O) groups excluding carboxylic acids is 1. The van der Waals surface area contributed by atoms with Gasteiger partial charge in [0.1, 0.15) is 5.75 Å². The number of aromatic nitrogens is 2. The molecule has 2 N–H and O–H groups in total. The van der Waals surface area contributed by atoms with Crippen molar-refractivity contribution in [3.8, 4) is 5.75 Å². The molecule has 3 rings (SSSR count). The minimum atomic E-state index is -0.0692. The highest BCUT2D eigenvalue weighted by atomic mass is 16.5. The Morgan fingerprint density at radius 3 is 2.23 bits per heavy atom. The molecule has 0 atom stereocenters. The van der Waals surface area contributed by atoms with Crippen LogP contribution in [0, 0.1) is 6.92 Å². The van der Waals surface area contributed by atoms with Gasteiger partial charge in [0.15, 0.2) is 5.82 Å². The maximum atomic E-state index is 12.2. The van der Waals surface area contributed by atoms with Crippen LogP contribution in [0.1, 0.15) is 11.3 Å². The van der Waals surface area contributed by atoms with E-state index in [1.807, 2.05) is 67.6 Å². The molecule has 1 amide bonds. The van der Waals surface area contributed by atoms with Crippen LogP contribution < -0.4 is 15.4 Å². The maximum Gasteiger partial charge on any atom is 0.228 e. The van der Waals surface area contributed by atoms with Gasteiger partial charge in [0.05, 0.1) is 19.2 Å². The number of carbonyl (C=O) groups is 1. The first-order valence-electron chi connectivity index (χ1n) is 8.22. The van der Waals surface area contributed by atoms with E-state index in [0.29, 0.717) is 12.2 Å². The van der Waals surface area contributed by atoms with E-state index in [-0.39, 0.29) is 5.91 Å². The average Bonchev–Trinajstić information content (AvgIpc) is 2.66. The summed E-state index contributed by atoms with van der Waals surface area (Å²) in [5.41, 5.74) is 3.41. The number of methoxy groups -OCH3 is 1. The van der Waals surface area contributed by atoms with Gasteiger partial charge in [-0.15, -0.1) is 5.10 Å². The predicted molar refractivity (Wildman–Crippen MR) is 102 cm³/mol. The third-order valence-electron chi connectivity index (χ3n) is 3.76. The Bertz CT molecular complexity index is 860. The number of hydrogen-bond donors (Lipinski definition) is 2. The van der Waals surface area contributed by atoms with Crippen LogP contribution in [0.5, 0.6) is 5.75 Å². The Kier molecular flexibility index (Phi) is 5.43. The van der Waals surface area contributed by atoms with Gasteiger partial charge in [-0.1, -0.05) is 12.1 Å². The zero-order valence-corrected chi connectivity index (χ0v) is 14.7. The minimum absolute atomic E-state index is 0.0692. The summed E-state index contributed by atoms with van der Waals surface area (Å²) >= 11 is 0. The van der Waals surface area contributed by atoms with Crippen LogP contribution in [0.25, 0.3) is 0 Å². The number of benzene rings is 2. The Morgan fingerprint density at radius 1 is 0.923 bits per heavy atom. The zero-order chi connectivity index (χ0) is 18.4. The fraction of sp³-hybridized carbons (Fsp3) is 0.150. The number of rotatable bonds is 6. The molecule has 132 valence electrons. The van der Waals surface area contributed by atoms with Gasteiger partial charge in [-0.2, -0.15) is 5.10 Å². The SMILES string of the molecule is COc1ccc(CC(=O)Nc2ccc(Nc3ccc(C)nn3)cc2)cc1. The molecule has 0 saturated heterocycles. The van der Waals surface area contributed by atoms with E-state index >= 15 is 0 Å². The highest BCUT2D eigenvalue weighted by Crippen LogP contribution is 2.18. The first kappa shape index (κ1) is 17.4. The third-order valence-corrected chi connectivity index (χ3v) is 3.76. The van der Waals surface area contributed by atoms with Crippen LogP contribution >= 0.6 is 0 Å². The first-order valence-corrected chi connectivity index (χ1v) is 8.22. The van der Waals surface area contributed by atoms with Crippen LogP contribution in [-0.4, -0.2) is 23.2 Å². The first-order chi connectivity index (χ1) is 12.6. The Balaban J connectivity index is 1.56. The molecule has 0 radical (unpaired) electrons. The largest absolute Gasteiger partial charge is 0.497 e. The van der Waals surface area contributed by atoms with Crippen molar-refractivity contribution in [3.05, 3.63) is 71.9 Å². The lowest BCUT2D eigenvalue weighted by Crippen LogP contribution is -2.14. The lowest BCUT2D eigenvalue weighted by atomic mass is 10.1. The van der Waals surface area contributed by atoms with E-state index in [1.54, 1.807) is 7.11 Å². The van der Waals surface area contributed by atoms with Gasteiger partial charge in [0.25, 0.3) is 0 Å². The number of anilines is 3. The van der Waals surface area contributed by atoms with Crippen LogP contribution in [0.15, 0.2) is 60.7 Å². The van der Waals surface area contributed by atoms with Crippen molar-refractivity contribution < 1.29 is 9.53 Å². The fourth-order valence-electron chi connectivity index (χ4n) is 2.38. The molecule has 0 unspecified atom stereocenters. The van der Waals surface area contributed by atoms with E-state index in [9.17, 15) is 4.79 Å². The van der Waals surface area contributed by atoms with Crippen molar-refractivity contribution in [1.29, 1.82) is 0 Å². The molecule has 0 aliphatic carbocycles. The molecule has 1 aromatic heterocycles. The van der Waals surface area contributed by atoms with Crippen molar-refractivity contribution in [3.63, 3.8) is 0 Å². The standard InChI is InChI=1S/C20H20N4O2/c1-14-3-12-19(24-23-14)21-16-6-8-17(9-7-16)22-20(25)13-15-4-10-18(26-2)11-5-15/h3-12H,13H2,1-2H3,(H,21,24)(H,22,25). The van der Waals surface area contributed by atoms with Gasteiger partial charge in [0, 0.05) is 11.4 Å². The molecule has 3 aromatic rings. The number of nitrogens with zero attached hydrogens (tertiary/aromatic N) is 2. The number of ether oxygens (including phenoxy) is 1. The molecule has 0 saturated carbocycles. The predicted octanol–water partition coefficient (Wildman–Crippen LogP) is 3.72. The quantitative estimate of drug-likeness (QED) is 0.710. The highest BCUT2D eigenvalue weighted by molar-refractivity contribution is 5.92. The van der Waals surface area contributed by atoms with E-state index in [1.165, 1.54) is 0 Å². The average molecular weight is 348 g/mol. The van der Waals surface area contributed by atoms with Gasteiger partial charge in [0.2, 0.25) is 5.91 Å². The number of amides is 1. The second-order valence-electron chi connectivity index (χ2n) is 5.84. The second-order valence-corrected chi connectivity index (χ2v) is 5.84. The molecule has 1 heterocycles. The number of aryl methyl sites for hydroxylation is 1. The van der Waals surface area contributed by atoms with Crippen LogP contribution in [0.3, 0.4) is 0 Å². The molecule has 2 aromatic carbocycles. The Morgan fingerprint density at radius 2 is 1.62 bits per heavy atom. The van der Waals surface area contributed by atoms with E-state index in [4.69, 9.17) is 4.74 Å². The van der Waals surface area contributed by atoms with Crippen LogP contribution in [0.4, 0.5) is 17.2 Å². The van der Waals surface area contributed by atoms with Gasteiger partial charge < -0.3 is 15.4 Å². The molecular weight excluding hydrogens is 328 g/mol. The number of hydrogen-bond acceptors (Lipinski definition) is 5. The Labute approximate surface area is 152 Å². The van der Waals surface area contributed by atoms with Crippen LogP contribution in [-0.2, 0) is 11.2 Å². The highest BCUT2D eigenvalue weighted by Gasteiger charge is 2.05. The van der Waals surface area contributed by atoms with Crippen molar-refractivity contribution in [1.82, 2.24) is 10.2 Å². The van der Waals surface area contributed by atoms with Crippen LogP contribution in [0.2, 0.25) is 0 Å². The van der Waals surface area contributed by atoms with Crippen molar-refractivity contribution >= 4 is 23.1 Å². The lowest BCUT2D eigenvalue weighted by molar-refractivity contribution is -0.115. The van der Waals surface area contributed by atoms with Gasteiger partial charge in [-0.3, -0.25) is 4.79 Å². The molecule has 0 aliphatic heterocycles. The van der Waals surface area contributed by atoms with Gasteiger partial charge in [-0.05, 0) is 61.0 Å². The molecular formula is C20H20N4O2. The maximum absolute atomic E-state index is 12.2. The van der Waals surface area contributed by atoms with Gasteiger partial charge in [-0.25, -0.2) is 0 Å². The summed E-state index contributed by atoms with van der Waals surface area (Å²) in [6.45, 7) is 1.89. The molecule has 6 nitrogen and oxygen atoms in total. The number of nitrogens with one attached hydrogen (secondary N) is 2. The Hall–Kier alpha value is -3.41. The van der Waals surface area contributed by atoms with Crippen molar-refractivity contribution in [2.45, 2.75) is 13.3 Å². The third kappa shape index (κ3) is 4.80.